The lowest BCUT2D eigenvalue weighted by Crippen LogP contribution is -2.59. The van der Waals surface area contributed by atoms with Crippen molar-refractivity contribution in [3.8, 4) is 0 Å². The molecular formula is C20H17F3N4O2. The van der Waals surface area contributed by atoms with Crippen LogP contribution in [0.2, 0.25) is 0 Å². The molecule has 4 rings (SSSR count). The van der Waals surface area contributed by atoms with Gasteiger partial charge in [-0.1, -0.05) is 24.3 Å². The fraction of sp³-hybridized carbons (Fsp3) is 0.250. The molecule has 6 nitrogen and oxygen atoms in total. The van der Waals surface area contributed by atoms with Gasteiger partial charge in [-0.3, -0.25) is 14.5 Å². The summed E-state index contributed by atoms with van der Waals surface area (Å²) in [6.45, 7) is 2.49. The van der Waals surface area contributed by atoms with E-state index in [9.17, 15) is 22.8 Å². The topological polar surface area (TPSA) is 67.2 Å². The highest BCUT2D eigenvalue weighted by atomic mass is 19.4. The van der Waals surface area contributed by atoms with Crippen LogP contribution in [0.1, 0.15) is 19.7 Å². The van der Waals surface area contributed by atoms with Crippen LogP contribution >= 0.6 is 0 Å². The number of aromatic nitrogens is 2. The number of benzene rings is 2. The molecule has 29 heavy (non-hydrogen) atoms. The molecule has 0 fully saturated rings. The Bertz CT molecular complexity index is 1130. The first-order chi connectivity index (χ1) is 13.6. The summed E-state index contributed by atoms with van der Waals surface area (Å²) in [6, 6.07) is 12.8. The van der Waals surface area contributed by atoms with Crippen molar-refractivity contribution in [2.75, 3.05) is 10.2 Å². The van der Waals surface area contributed by atoms with Crippen molar-refractivity contribution >= 4 is 34.2 Å². The van der Waals surface area contributed by atoms with E-state index < -0.39 is 35.9 Å². The first kappa shape index (κ1) is 19.0. The number of imidazole rings is 1. The average molecular weight is 402 g/mol. The van der Waals surface area contributed by atoms with Crippen LogP contribution in [0.25, 0.3) is 11.0 Å². The zero-order valence-corrected chi connectivity index (χ0v) is 15.6. The van der Waals surface area contributed by atoms with E-state index in [1.54, 1.807) is 50.2 Å². The van der Waals surface area contributed by atoms with Crippen LogP contribution in [-0.2, 0) is 22.3 Å². The van der Waals surface area contributed by atoms with Crippen LogP contribution in [0, 0.1) is 0 Å². The highest BCUT2D eigenvalue weighted by Gasteiger charge is 2.44. The molecule has 2 aromatic carbocycles. The van der Waals surface area contributed by atoms with Crippen LogP contribution in [0.3, 0.4) is 0 Å². The lowest BCUT2D eigenvalue weighted by atomic mass is 9.96. The van der Waals surface area contributed by atoms with Gasteiger partial charge in [0.25, 0.3) is 0 Å². The third-order valence-corrected chi connectivity index (χ3v) is 4.96. The number of hydrogen-bond acceptors (Lipinski definition) is 3. The van der Waals surface area contributed by atoms with E-state index >= 15 is 0 Å². The molecule has 150 valence electrons. The number of alkyl halides is 3. The van der Waals surface area contributed by atoms with Crippen molar-refractivity contribution in [2.24, 2.45) is 0 Å². The molecule has 0 spiro atoms. The maximum Gasteiger partial charge on any atom is 0.449 e. The summed E-state index contributed by atoms with van der Waals surface area (Å²) < 4.78 is 41.5. The fourth-order valence-electron chi connectivity index (χ4n) is 3.56. The van der Waals surface area contributed by atoms with Gasteiger partial charge >= 0.3 is 6.18 Å². The highest BCUT2D eigenvalue weighted by Crippen LogP contribution is 2.37. The zero-order valence-electron chi connectivity index (χ0n) is 15.6. The largest absolute Gasteiger partial charge is 0.449 e. The van der Waals surface area contributed by atoms with E-state index in [4.69, 9.17) is 0 Å². The number of hydrogen-bond donors (Lipinski definition) is 1. The second-order valence-corrected chi connectivity index (χ2v) is 7.27. The second kappa shape index (κ2) is 6.33. The molecule has 2 amide bonds. The molecule has 2 heterocycles. The molecule has 1 aliphatic rings. The van der Waals surface area contributed by atoms with E-state index in [2.05, 4.69) is 10.3 Å². The van der Waals surface area contributed by atoms with Crippen molar-refractivity contribution in [2.45, 2.75) is 32.1 Å². The third kappa shape index (κ3) is 3.02. The van der Waals surface area contributed by atoms with Gasteiger partial charge in [0.15, 0.2) is 0 Å². The molecule has 0 radical (unpaired) electrons. The predicted molar refractivity (Wildman–Crippen MR) is 101 cm³/mol. The number of carbonyl (C=O) groups is 2. The predicted octanol–water partition coefficient (Wildman–Crippen LogP) is 3.82. The van der Waals surface area contributed by atoms with Crippen LogP contribution in [0.15, 0.2) is 48.5 Å². The summed E-state index contributed by atoms with van der Waals surface area (Å²) in [6.07, 6.45) is -4.73. The Balaban J connectivity index is 1.82. The number of nitrogens with zero attached hydrogens (tertiary/aromatic N) is 3. The van der Waals surface area contributed by atoms with Gasteiger partial charge in [-0.05, 0) is 38.1 Å². The minimum Gasteiger partial charge on any atom is -0.322 e. The Kier molecular flexibility index (Phi) is 4.14. The fourth-order valence-corrected chi connectivity index (χ4v) is 3.56. The summed E-state index contributed by atoms with van der Waals surface area (Å²) in [4.78, 5) is 30.7. The number of carbonyl (C=O) groups excluding carboxylic acids is 2. The maximum absolute atomic E-state index is 13.6. The lowest BCUT2D eigenvalue weighted by Gasteiger charge is -2.42. The van der Waals surface area contributed by atoms with E-state index in [1.165, 1.54) is 17.0 Å². The number of fused-ring (bicyclic) bond motifs is 2. The number of para-hydroxylation sites is 4. The van der Waals surface area contributed by atoms with E-state index in [0.717, 1.165) is 4.57 Å². The van der Waals surface area contributed by atoms with Gasteiger partial charge in [0, 0.05) is 0 Å². The van der Waals surface area contributed by atoms with Crippen LogP contribution in [0.5, 0.6) is 0 Å². The highest BCUT2D eigenvalue weighted by molar-refractivity contribution is 6.14. The SMILES string of the molecule is CC1(C)C(=O)Nc2ccccc2N1C(=O)Cn1c(C(F)(F)F)nc2ccccc21. The molecular weight excluding hydrogens is 385 g/mol. The molecule has 0 aliphatic carbocycles. The third-order valence-electron chi connectivity index (χ3n) is 4.96. The molecule has 0 bridgehead atoms. The average Bonchev–Trinajstić information content (AvgIpc) is 3.01. The molecule has 1 aliphatic heterocycles. The van der Waals surface area contributed by atoms with E-state index in [-0.39, 0.29) is 11.0 Å². The molecule has 0 saturated heterocycles. The number of halogens is 3. The quantitative estimate of drug-likeness (QED) is 0.709. The standard InChI is InChI=1S/C20H17F3N4O2/c1-19(2)18(29)25-13-8-4-6-10-15(13)27(19)16(28)11-26-14-9-5-3-7-12(14)24-17(26)20(21,22)23/h3-10H,11H2,1-2H3,(H,25,29). The van der Waals surface area contributed by atoms with Crippen LogP contribution < -0.4 is 10.2 Å². The Labute approximate surface area is 163 Å². The Morgan fingerprint density at radius 3 is 2.48 bits per heavy atom. The van der Waals surface area contributed by atoms with Gasteiger partial charge in [-0.2, -0.15) is 13.2 Å². The monoisotopic (exact) mass is 402 g/mol. The molecule has 1 N–H and O–H groups in total. The number of amides is 2. The molecule has 3 aromatic rings. The first-order valence-electron chi connectivity index (χ1n) is 8.86. The minimum absolute atomic E-state index is 0.142. The second-order valence-electron chi connectivity index (χ2n) is 7.27. The van der Waals surface area contributed by atoms with Gasteiger partial charge in [0.2, 0.25) is 17.6 Å². The maximum atomic E-state index is 13.6. The molecule has 9 heteroatoms. The van der Waals surface area contributed by atoms with E-state index in [1.807, 2.05) is 0 Å². The molecule has 0 unspecified atom stereocenters. The minimum atomic E-state index is -4.73. The summed E-state index contributed by atoms with van der Waals surface area (Å²) in [5.74, 6) is -2.22. The van der Waals surface area contributed by atoms with Crippen LogP contribution in [0.4, 0.5) is 24.5 Å². The summed E-state index contributed by atoms with van der Waals surface area (Å²) in [7, 11) is 0. The van der Waals surface area contributed by atoms with Gasteiger partial charge in [0.05, 0.1) is 22.4 Å². The van der Waals surface area contributed by atoms with Crippen molar-refractivity contribution < 1.29 is 22.8 Å². The normalized spacial score (nSPS) is 15.9. The number of rotatable bonds is 2. The van der Waals surface area contributed by atoms with Crippen LogP contribution in [-0.4, -0.2) is 26.9 Å². The first-order valence-corrected chi connectivity index (χ1v) is 8.86. The van der Waals surface area contributed by atoms with E-state index in [0.29, 0.717) is 11.4 Å². The van der Waals surface area contributed by atoms with Gasteiger partial charge < -0.3 is 9.88 Å². The van der Waals surface area contributed by atoms with Gasteiger partial charge in [-0.15, -0.1) is 0 Å². The van der Waals surface area contributed by atoms with Crippen molar-refractivity contribution in [1.82, 2.24) is 9.55 Å². The van der Waals surface area contributed by atoms with Crippen molar-refractivity contribution in [3.63, 3.8) is 0 Å². The van der Waals surface area contributed by atoms with Gasteiger partial charge in [0.1, 0.15) is 12.1 Å². The molecule has 0 saturated carbocycles. The molecule has 0 atom stereocenters. The smallest absolute Gasteiger partial charge is 0.322 e. The summed E-state index contributed by atoms with van der Waals surface area (Å²) >= 11 is 0. The zero-order chi connectivity index (χ0) is 21.0. The number of nitrogens with one attached hydrogen (secondary N) is 1. The Morgan fingerprint density at radius 1 is 1.10 bits per heavy atom. The van der Waals surface area contributed by atoms with Gasteiger partial charge in [-0.25, -0.2) is 4.98 Å². The lowest BCUT2D eigenvalue weighted by molar-refractivity contribution is -0.147. The summed E-state index contributed by atoms with van der Waals surface area (Å²) in [5, 5.41) is 2.73. The summed E-state index contributed by atoms with van der Waals surface area (Å²) in [5.41, 5.74) is -0.0820. The number of anilines is 2. The van der Waals surface area contributed by atoms with Crippen molar-refractivity contribution in [1.29, 1.82) is 0 Å². The van der Waals surface area contributed by atoms with Crippen molar-refractivity contribution in [3.05, 3.63) is 54.4 Å². The Hall–Kier alpha value is -3.36. The molecule has 1 aromatic heterocycles. The Morgan fingerprint density at radius 2 is 1.76 bits per heavy atom.